The zero-order chi connectivity index (χ0) is 19.1. The van der Waals surface area contributed by atoms with Crippen molar-refractivity contribution in [2.45, 2.75) is 34.1 Å². The number of piperazine rings is 1. The van der Waals surface area contributed by atoms with Crippen LogP contribution in [0, 0.1) is 6.92 Å². The van der Waals surface area contributed by atoms with Gasteiger partial charge in [-0.1, -0.05) is 0 Å². The van der Waals surface area contributed by atoms with E-state index in [1.54, 1.807) is 11.8 Å². The Kier molecular flexibility index (Phi) is 7.30. The maximum absolute atomic E-state index is 12.3. The van der Waals surface area contributed by atoms with Crippen molar-refractivity contribution in [1.29, 1.82) is 0 Å². The second-order valence-electron chi connectivity index (χ2n) is 6.74. The number of amides is 2. The van der Waals surface area contributed by atoms with Crippen molar-refractivity contribution in [1.82, 2.24) is 9.80 Å². The smallest absolute Gasteiger partial charge is 0.224 e. The molecule has 0 bridgehead atoms. The van der Waals surface area contributed by atoms with Crippen LogP contribution >= 0.6 is 0 Å². The molecule has 144 valence electrons. The number of carbonyl (C=O) groups is 2. The topological polar surface area (TPSA) is 55.9 Å². The predicted molar refractivity (Wildman–Crippen MR) is 107 cm³/mol. The molecule has 6 heteroatoms. The van der Waals surface area contributed by atoms with Crippen LogP contribution in [0.25, 0.3) is 0 Å². The normalized spacial score (nSPS) is 14.3. The summed E-state index contributed by atoms with van der Waals surface area (Å²) in [7, 11) is 0. The number of benzene rings is 1. The van der Waals surface area contributed by atoms with Gasteiger partial charge in [0.15, 0.2) is 0 Å². The molecule has 1 aliphatic rings. The molecule has 0 aromatic heterocycles. The van der Waals surface area contributed by atoms with E-state index < -0.39 is 0 Å². The van der Waals surface area contributed by atoms with E-state index in [9.17, 15) is 9.59 Å². The quantitative estimate of drug-likeness (QED) is 0.811. The molecule has 26 heavy (non-hydrogen) atoms. The highest BCUT2D eigenvalue weighted by Crippen LogP contribution is 2.22. The van der Waals surface area contributed by atoms with Crippen molar-refractivity contribution in [2.75, 3.05) is 56.0 Å². The van der Waals surface area contributed by atoms with Crippen LogP contribution in [0.3, 0.4) is 0 Å². The summed E-state index contributed by atoms with van der Waals surface area (Å²) in [5, 5.41) is 3.38. The maximum atomic E-state index is 12.3. The van der Waals surface area contributed by atoms with Crippen molar-refractivity contribution in [3.63, 3.8) is 0 Å². The molecule has 0 spiro atoms. The Labute approximate surface area is 157 Å². The van der Waals surface area contributed by atoms with Gasteiger partial charge in [-0.05, 0) is 44.5 Å². The lowest BCUT2D eigenvalue weighted by molar-refractivity contribution is -0.138. The highest BCUT2D eigenvalue weighted by Gasteiger charge is 2.21. The van der Waals surface area contributed by atoms with Crippen LogP contribution in [-0.4, -0.2) is 67.4 Å². The van der Waals surface area contributed by atoms with E-state index in [-0.39, 0.29) is 11.8 Å². The number of anilines is 2. The lowest BCUT2D eigenvalue weighted by Gasteiger charge is -2.34. The van der Waals surface area contributed by atoms with E-state index in [0.717, 1.165) is 18.8 Å². The van der Waals surface area contributed by atoms with E-state index >= 15 is 0 Å². The molecule has 2 amide bonds. The van der Waals surface area contributed by atoms with Gasteiger partial charge in [-0.2, -0.15) is 0 Å². The predicted octanol–water partition coefficient (Wildman–Crippen LogP) is 2.33. The summed E-state index contributed by atoms with van der Waals surface area (Å²) in [6.45, 7) is 13.2. The van der Waals surface area contributed by atoms with Gasteiger partial charge in [-0.15, -0.1) is 0 Å². The highest BCUT2D eigenvalue weighted by atomic mass is 16.2. The third-order valence-electron chi connectivity index (χ3n) is 5.07. The van der Waals surface area contributed by atoms with Crippen LogP contribution in [0.15, 0.2) is 18.2 Å². The summed E-state index contributed by atoms with van der Waals surface area (Å²) >= 11 is 0. The summed E-state index contributed by atoms with van der Waals surface area (Å²) in [6, 6.07) is 6.42. The molecule has 0 unspecified atom stereocenters. The monoisotopic (exact) mass is 360 g/mol. The van der Waals surface area contributed by atoms with E-state index in [4.69, 9.17) is 0 Å². The van der Waals surface area contributed by atoms with Crippen molar-refractivity contribution in [3.8, 4) is 0 Å². The van der Waals surface area contributed by atoms with Crippen LogP contribution in [0.2, 0.25) is 0 Å². The molecule has 6 nitrogen and oxygen atoms in total. The molecular weight excluding hydrogens is 328 g/mol. The molecule has 0 atom stereocenters. The van der Waals surface area contributed by atoms with Crippen LogP contribution in [0.1, 0.15) is 32.8 Å². The van der Waals surface area contributed by atoms with E-state index in [1.807, 2.05) is 4.90 Å². The molecule has 1 heterocycles. The van der Waals surface area contributed by atoms with Gasteiger partial charge in [-0.25, -0.2) is 0 Å². The molecule has 0 radical (unpaired) electrons. The number of aryl methyl sites for hydroxylation is 1. The second-order valence-corrected chi connectivity index (χ2v) is 6.74. The fraction of sp³-hybridized carbons (Fsp3) is 0.600. The Hall–Kier alpha value is -2.24. The van der Waals surface area contributed by atoms with Crippen LogP contribution in [0.4, 0.5) is 11.4 Å². The summed E-state index contributed by atoms with van der Waals surface area (Å²) in [5.74, 6) is 0.237. The zero-order valence-corrected chi connectivity index (χ0v) is 16.5. The Balaban J connectivity index is 1.80. The highest BCUT2D eigenvalue weighted by molar-refractivity contribution is 5.78. The fourth-order valence-electron chi connectivity index (χ4n) is 3.36. The van der Waals surface area contributed by atoms with Crippen molar-refractivity contribution < 1.29 is 9.59 Å². The average molecular weight is 361 g/mol. The van der Waals surface area contributed by atoms with E-state index in [1.165, 1.54) is 11.3 Å². The number of nitrogens with one attached hydrogen (secondary N) is 1. The minimum atomic E-state index is 0.0856. The molecular formula is C20H32N4O2. The maximum Gasteiger partial charge on any atom is 0.224 e. The van der Waals surface area contributed by atoms with Crippen molar-refractivity contribution in [2.24, 2.45) is 0 Å². The van der Waals surface area contributed by atoms with Crippen LogP contribution in [0.5, 0.6) is 0 Å². The van der Waals surface area contributed by atoms with Gasteiger partial charge in [0, 0.05) is 70.5 Å². The van der Waals surface area contributed by atoms with E-state index in [2.05, 4.69) is 49.2 Å². The second kappa shape index (κ2) is 9.46. The third-order valence-corrected chi connectivity index (χ3v) is 5.07. The molecule has 1 N–H and O–H groups in total. The Morgan fingerprint density at radius 2 is 1.69 bits per heavy atom. The van der Waals surface area contributed by atoms with Crippen molar-refractivity contribution in [3.05, 3.63) is 23.8 Å². The number of hydrogen-bond acceptors (Lipinski definition) is 4. The van der Waals surface area contributed by atoms with E-state index in [0.29, 0.717) is 39.1 Å². The molecule has 1 aliphatic heterocycles. The molecule has 1 aromatic carbocycles. The molecule has 1 aromatic rings. The summed E-state index contributed by atoms with van der Waals surface area (Å²) in [5.41, 5.74) is 3.50. The molecule has 0 saturated carbocycles. The average Bonchev–Trinajstić information content (AvgIpc) is 2.64. The summed E-state index contributed by atoms with van der Waals surface area (Å²) in [6.07, 6.45) is 0.470. The van der Waals surface area contributed by atoms with Crippen LogP contribution < -0.4 is 10.2 Å². The SMILES string of the molecule is CCN(CC)c1ccc(NCCC(=O)N2CCN(C(C)=O)CC2)c(C)c1. The first-order valence-corrected chi connectivity index (χ1v) is 9.59. The first-order valence-electron chi connectivity index (χ1n) is 9.59. The number of hydrogen-bond donors (Lipinski definition) is 1. The lowest BCUT2D eigenvalue weighted by atomic mass is 10.1. The largest absolute Gasteiger partial charge is 0.384 e. The Morgan fingerprint density at radius 1 is 1.08 bits per heavy atom. The van der Waals surface area contributed by atoms with Gasteiger partial charge in [0.1, 0.15) is 0 Å². The Bertz CT molecular complexity index is 620. The van der Waals surface area contributed by atoms with Gasteiger partial charge in [0.25, 0.3) is 0 Å². The first-order chi connectivity index (χ1) is 12.5. The number of rotatable bonds is 7. The lowest BCUT2D eigenvalue weighted by Crippen LogP contribution is -2.50. The van der Waals surface area contributed by atoms with Gasteiger partial charge >= 0.3 is 0 Å². The van der Waals surface area contributed by atoms with Gasteiger partial charge in [-0.3, -0.25) is 9.59 Å². The van der Waals surface area contributed by atoms with Gasteiger partial charge in [0.2, 0.25) is 11.8 Å². The van der Waals surface area contributed by atoms with Gasteiger partial charge < -0.3 is 20.0 Å². The standard InChI is InChI=1S/C20H32N4O2/c1-5-22(6-2)18-7-8-19(16(3)15-18)21-10-9-20(26)24-13-11-23(12-14-24)17(4)25/h7-8,15,21H,5-6,9-14H2,1-4H3. The zero-order valence-electron chi connectivity index (χ0n) is 16.5. The first kappa shape index (κ1) is 20.1. The van der Waals surface area contributed by atoms with Crippen molar-refractivity contribution >= 4 is 23.2 Å². The molecule has 1 fully saturated rings. The molecule has 1 saturated heterocycles. The fourth-order valence-corrected chi connectivity index (χ4v) is 3.36. The number of nitrogens with zero attached hydrogens (tertiary/aromatic N) is 3. The molecule has 0 aliphatic carbocycles. The van der Waals surface area contributed by atoms with Gasteiger partial charge in [0.05, 0.1) is 0 Å². The molecule has 2 rings (SSSR count). The minimum absolute atomic E-state index is 0.0856. The number of carbonyl (C=O) groups excluding carboxylic acids is 2. The van der Waals surface area contributed by atoms with Crippen LogP contribution in [-0.2, 0) is 9.59 Å². The third kappa shape index (κ3) is 5.13. The Morgan fingerprint density at radius 3 is 2.23 bits per heavy atom. The minimum Gasteiger partial charge on any atom is -0.384 e. The summed E-state index contributed by atoms with van der Waals surface area (Å²) < 4.78 is 0. The summed E-state index contributed by atoms with van der Waals surface area (Å²) in [4.78, 5) is 29.7.